The molecule has 2 aromatic carbocycles. The molecule has 1 amide bonds. The fraction of sp³-hybridized carbons (Fsp3) is 0.622. The highest BCUT2D eigenvalue weighted by atomic mass is 35.5. The van der Waals surface area contributed by atoms with Crippen molar-refractivity contribution in [3.05, 3.63) is 58.1 Å². The normalized spacial score (nSPS) is 19.2. The molecule has 0 spiro atoms. The lowest BCUT2D eigenvalue weighted by atomic mass is 9.96. The van der Waals surface area contributed by atoms with Gasteiger partial charge in [-0.3, -0.25) is 19.2 Å². The van der Waals surface area contributed by atoms with Crippen LogP contribution in [0.1, 0.15) is 119 Å². The first-order valence-corrected chi connectivity index (χ1v) is 21.4. The van der Waals surface area contributed by atoms with Crippen molar-refractivity contribution < 1.29 is 72.5 Å². The Morgan fingerprint density at radius 3 is 2.15 bits per heavy atom. The van der Waals surface area contributed by atoms with Crippen molar-refractivity contribution >= 4 is 41.2 Å². The molecule has 3 rings (SSSR count). The number of amides is 1. The van der Waals surface area contributed by atoms with E-state index < -0.39 is 66.7 Å². The second-order valence-corrected chi connectivity index (χ2v) is 16.7. The van der Waals surface area contributed by atoms with Crippen molar-refractivity contribution in [3.63, 3.8) is 0 Å². The van der Waals surface area contributed by atoms with E-state index in [1.54, 1.807) is 20.8 Å². The number of rotatable bonds is 26. The lowest BCUT2D eigenvalue weighted by Gasteiger charge is -2.40. The van der Waals surface area contributed by atoms with Gasteiger partial charge in [0.1, 0.15) is 53.4 Å². The van der Waals surface area contributed by atoms with Crippen LogP contribution < -0.4 is 14.8 Å². The average molecular weight is 894 g/mol. The van der Waals surface area contributed by atoms with Crippen molar-refractivity contribution in [2.24, 2.45) is 5.92 Å². The van der Waals surface area contributed by atoms with E-state index in [0.717, 1.165) is 43.2 Å². The van der Waals surface area contributed by atoms with Crippen molar-refractivity contribution in [2.45, 2.75) is 147 Å². The number of nitrogens with one attached hydrogen (secondary N) is 1. The summed E-state index contributed by atoms with van der Waals surface area (Å²) in [5.41, 5.74) is 0.949. The number of Topliss-reactive ketones (excluding diaryl/α,β-unsaturated/α-hetero) is 1. The number of halogens is 1. The van der Waals surface area contributed by atoms with Crippen LogP contribution in [0.3, 0.4) is 0 Å². The van der Waals surface area contributed by atoms with E-state index in [0.29, 0.717) is 45.1 Å². The maximum absolute atomic E-state index is 13.2. The number of hydrogen-bond acceptors (Lipinski definition) is 15. The molecule has 0 bridgehead atoms. The summed E-state index contributed by atoms with van der Waals surface area (Å²) < 4.78 is 37.6. The summed E-state index contributed by atoms with van der Waals surface area (Å²) in [5, 5.41) is 33.3. The fourth-order valence-electron chi connectivity index (χ4n) is 6.84. The van der Waals surface area contributed by atoms with Crippen LogP contribution in [0, 0.1) is 5.92 Å². The Morgan fingerprint density at radius 1 is 0.855 bits per heavy atom. The first-order chi connectivity index (χ1) is 29.5. The predicted molar refractivity (Wildman–Crippen MR) is 226 cm³/mol. The topological polar surface area (TPSA) is 223 Å². The number of ketones is 1. The van der Waals surface area contributed by atoms with Gasteiger partial charge < -0.3 is 53.8 Å². The number of unbranched alkanes of at least 4 members (excludes halogenated alkanes) is 5. The number of ether oxygens (including phenoxy) is 7. The van der Waals surface area contributed by atoms with E-state index in [1.807, 2.05) is 24.3 Å². The quantitative estimate of drug-likeness (QED) is 0.0518. The molecule has 1 aliphatic rings. The maximum Gasteiger partial charge on any atom is 0.342 e. The average Bonchev–Trinajstić information content (AvgIpc) is 3.23. The zero-order chi connectivity index (χ0) is 45.8. The minimum Gasteiger partial charge on any atom is -0.496 e. The van der Waals surface area contributed by atoms with Gasteiger partial charge >= 0.3 is 17.9 Å². The highest BCUT2D eigenvalue weighted by Crippen LogP contribution is 2.35. The minimum absolute atomic E-state index is 0.0289. The molecular formula is C45H64ClNO15. The largest absolute Gasteiger partial charge is 0.496 e. The summed E-state index contributed by atoms with van der Waals surface area (Å²) in [7, 11) is 3.91. The van der Waals surface area contributed by atoms with Gasteiger partial charge in [-0.2, -0.15) is 0 Å². The third kappa shape index (κ3) is 17.4. The molecule has 0 aliphatic carbocycles. The van der Waals surface area contributed by atoms with Gasteiger partial charge in [0.25, 0.3) is 0 Å². The molecule has 1 heterocycles. The van der Waals surface area contributed by atoms with Crippen LogP contribution in [0.4, 0.5) is 0 Å². The van der Waals surface area contributed by atoms with E-state index in [-0.39, 0.29) is 46.8 Å². The smallest absolute Gasteiger partial charge is 0.342 e. The van der Waals surface area contributed by atoms with Crippen molar-refractivity contribution in [3.8, 4) is 11.5 Å². The molecule has 1 aliphatic heterocycles. The van der Waals surface area contributed by atoms with Crippen LogP contribution in [-0.4, -0.2) is 109 Å². The molecule has 0 aromatic heterocycles. The van der Waals surface area contributed by atoms with Gasteiger partial charge in [0.05, 0.1) is 38.2 Å². The third-order valence-corrected chi connectivity index (χ3v) is 10.4. The van der Waals surface area contributed by atoms with E-state index in [4.69, 9.17) is 44.8 Å². The first-order valence-electron chi connectivity index (χ1n) is 21.0. The molecular weight excluding hydrogens is 830 g/mol. The lowest BCUT2D eigenvalue weighted by molar-refractivity contribution is -0.293. The van der Waals surface area contributed by atoms with Gasteiger partial charge in [-0.1, -0.05) is 61.5 Å². The van der Waals surface area contributed by atoms with Gasteiger partial charge in [0, 0.05) is 39.0 Å². The summed E-state index contributed by atoms with van der Waals surface area (Å²) in [6.07, 6.45) is 0.174. The second-order valence-electron chi connectivity index (χ2n) is 16.2. The first kappa shape index (κ1) is 52.0. The number of esters is 3. The van der Waals surface area contributed by atoms with E-state index >= 15 is 0 Å². The van der Waals surface area contributed by atoms with Crippen LogP contribution in [-0.2, 0) is 56.0 Å². The van der Waals surface area contributed by atoms with Crippen molar-refractivity contribution in [2.75, 3.05) is 27.9 Å². The number of methoxy groups -OCH3 is 3. The van der Waals surface area contributed by atoms with Crippen LogP contribution in [0.15, 0.2) is 36.4 Å². The summed E-state index contributed by atoms with van der Waals surface area (Å²) in [6, 6.07) is 10.2. The van der Waals surface area contributed by atoms with E-state index in [1.165, 1.54) is 33.5 Å². The predicted octanol–water partition coefficient (Wildman–Crippen LogP) is 5.54. The summed E-state index contributed by atoms with van der Waals surface area (Å²) >= 11 is 6.49. The van der Waals surface area contributed by atoms with Gasteiger partial charge in [-0.15, -0.1) is 0 Å². The van der Waals surface area contributed by atoms with Gasteiger partial charge in [0.2, 0.25) is 5.91 Å². The monoisotopic (exact) mass is 893 g/mol. The Morgan fingerprint density at radius 2 is 1.52 bits per heavy atom. The Kier molecular flexibility index (Phi) is 22.1. The number of hydrogen-bond donors (Lipinski definition) is 4. The van der Waals surface area contributed by atoms with Crippen LogP contribution >= 0.6 is 11.6 Å². The van der Waals surface area contributed by atoms with E-state index in [2.05, 4.69) is 5.32 Å². The molecule has 1 saturated heterocycles. The third-order valence-electron chi connectivity index (χ3n) is 10.1. The minimum atomic E-state index is -1.61. The van der Waals surface area contributed by atoms with Gasteiger partial charge in [0.15, 0.2) is 12.4 Å². The summed E-state index contributed by atoms with van der Waals surface area (Å²) in [6.45, 7) is 5.17. The molecule has 2 aromatic rings. The molecule has 4 N–H and O–H groups in total. The van der Waals surface area contributed by atoms with Gasteiger partial charge in [-0.05, 0) is 63.6 Å². The van der Waals surface area contributed by atoms with Crippen molar-refractivity contribution in [1.29, 1.82) is 0 Å². The molecule has 1 fully saturated rings. The number of carbonyl (C=O) groups excluding carboxylic acids is 5. The zero-order valence-electron chi connectivity index (χ0n) is 36.7. The molecule has 346 valence electrons. The Hall–Kier alpha value is -4.32. The highest BCUT2D eigenvalue weighted by molar-refractivity contribution is 6.32. The molecule has 0 saturated carbocycles. The number of carbonyl (C=O) groups is 5. The SMILES string of the molecule is COC(=O)[C@H](CCCCCC(=O)CCCCCCC(=O)NCc1cccc(COc2cc(OC)c(C(=O)O[C@H]3[C@@H](OC)O[C@H](CO)[C@@H](O)[C@@H]3O)cc2Cl)c1)CC(=O)OC(C)(C)C. The standard InChI is InChI=1S/C45H64ClNO15/c1-45(2,3)62-38(51)22-30(42(54)57-5)17-10-9-12-19-31(49)18-11-7-8-13-20-37(50)47-25-28-15-14-16-29(21-28)27-59-35-24-34(56-4)32(23-33(35)46)43(55)61-41-40(53)39(52)36(26-48)60-44(41)58-6/h14-16,21,23-24,30,36,39-41,44,48,52-53H,7-13,17-20,22,25-27H2,1-6H3,(H,47,50)/t30-,36-,39-,40+,41-,44+/m1/s1. The number of benzene rings is 2. The molecule has 17 heteroatoms. The second kappa shape index (κ2) is 26.3. The summed E-state index contributed by atoms with van der Waals surface area (Å²) in [5.74, 6) is -1.96. The van der Waals surface area contributed by atoms with Crippen LogP contribution in [0.5, 0.6) is 11.5 Å². The highest BCUT2D eigenvalue weighted by Gasteiger charge is 2.47. The van der Waals surface area contributed by atoms with Crippen molar-refractivity contribution in [1.82, 2.24) is 5.32 Å². The van der Waals surface area contributed by atoms with Gasteiger partial charge in [-0.25, -0.2) is 4.79 Å². The lowest BCUT2D eigenvalue weighted by Crippen LogP contribution is -2.60. The molecule has 62 heavy (non-hydrogen) atoms. The Bertz CT molecular complexity index is 1760. The fourth-order valence-corrected chi connectivity index (χ4v) is 7.06. The number of aliphatic hydroxyl groups is 3. The molecule has 0 radical (unpaired) electrons. The number of aliphatic hydroxyl groups excluding tert-OH is 3. The Labute approximate surface area is 368 Å². The van der Waals surface area contributed by atoms with E-state index in [9.17, 15) is 39.3 Å². The Balaban J connectivity index is 1.34. The maximum atomic E-state index is 13.2. The van der Waals surface area contributed by atoms with Crippen LogP contribution in [0.25, 0.3) is 0 Å². The summed E-state index contributed by atoms with van der Waals surface area (Å²) in [4.78, 5) is 62.5. The molecule has 16 nitrogen and oxygen atoms in total. The zero-order valence-corrected chi connectivity index (χ0v) is 37.4. The molecule has 6 atom stereocenters. The van der Waals surface area contributed by atoms with Crippen LogP contribution in [0.2, 0.25) is 5.02 Å². The molecule has 0 unspecified atom stereocenters.